The highest BCUT2D eigenvalue weighted by Gasteiger charge is 2.17. The molecule has 0 saturated carbocycles. The largest absolute Gasteiger partial charge is 0.593 e. The van der Waals surface area contributed by atoms with Crippen molar-refractivity contribution < 1.29 is 14.0 Å². The Hall–Kier alpha value is -2.17. The van der Waals surface area contributed by atoms with E-state index in [0.717, 1.165) is 11.1 Å². The minimum absolute atomic E-state index is 0.255. The van der Waals surface area contributed by atoms with E-state index in [1.807, 2.05) is 12.1 Å². The first-order chi connectivity index (χ1) is 12.5. The summed E-state index contributed by atoms with van der Waals surface area (Å²) in [4.78, 5) is 0.615. The molecule has 9 heteroatoms. The number of hydrogen-bond acceptors (Lipinski definition) is 7. The first-order valence-electron chi connectivity index (χ1n) is 8.07. The molecule has 1 unspecified atom stereocenters. The van der Waals surface area contributed by atoms with Gasteiger partial charge in [0.2, 0.25) is 0 Å². The molecule has 0 aliphatic carbocycles. The van der Waals surface area contributed by atoms with Gasteiger partial charge in [0.15, 0.2) is 10.7 Å². The Kier molecular flexibility index (Phi) is 6.07. The van der Waals surface area contributed by atoms with Crippen LogP contribution >= 0.6 is 0 Å². The highest BCUT2D eigenvalue weighted by atomic mass is 32.2. The normalized spacial score (nSPS) is 16.2. The van der Waals surface area contributed by atoms with Gasteiger partial charge in [0, 0.05) is 5.56 Å². The summed E-state index contributed by atoms with van der Waals surface area (Å²) in [7, 11) is 0. The topological polar surface area (TPSA) is 95.0 Å². The van der Waals surface area contributed by atoms with Crippen molar-refractivity contribution in [3.63, 3.8) is 0 Å². The van der Waals surface area contributed by atoms with Crippen molar-refractivity contribution in [3.05, 3.63) is 65.5 Å². The minimum atomic E-state index is -1.38. The number of amidine groups is 1. The lowest BCUT2D eigenvalue weighted by Crippen LogP contribution is -2.38. The van der Waals surface area contributed by atoms with Crippen LogP contribution in [-0.4, -0.2) is 33.3 Å². The van der Waals surface area contributed by atoms with Gasteiger partial charge >= 0.3 is 0 Å². The summed E-state index contributed by atoms with van der Waals surface area (Å²) < 4.78 is 27.8. The summed E-state index contributed by atoms with van der Waals surface area (Å²) in [6.45, 7) is 2.36. The van der Waals surface area contributed by atoms with E-state index in [1.54, 1.807) is 36.3 Å². The molecule has 0 saturated heterocycles. The van der Waals surface area contributed by atoms with Gasteiger partial charge in [0.25, 0.3) is 0 Å². The standard InChI is InChI=1S/C17H20FN5O2S/c1-12(24)10-19-26(25)16-8-4-14(5-9-16)17-20-22-23(21-17)11-13-2-6-15(18)7-3-13/h2-9,12,19,22,24H,10-11H2,1H3,(H,20,21)/t12-,26?/m1/s1. The summed E-state index contributed by atoms with van der Waals surface area (Å²) in [6, 6.07) is 13.3. The van der Waals surface area contributed by atoms with Gasteiger partial charge in [0.1, 0.15) is 5.82 Å². The fourth-order valence-electron chi connectivity index (χ4n) is 2.27. The van der Waals surface area contributed by atoms with Crippen LogP contribution in [0.1, 0.15) is 18.1 Å². The Morgan fingerprint density at radius 3 is 2.58 bits per heavy atom. The maximum absolute atomic E-state index is 13.0. The van der Waals surface area contributed by atoms with Crippen molar-refractivity contribution in [2.75, 3.05) is 6.54 Å². The molecule has 2 atom stereocenters. The second-order valence-electron chi connectivity index (χ2n) is 5.86. The number of halogens is 1. The molecule has 2 aromatic rings. The van der Waals surface area contributed by atoms with Crippen molar-refractivity contribution >= 4 is 17.2 Å². The third-order valence-corrected chi connectivity index (χ3v) is 4.75. The van der Waals surface area contributed by atoms with E-state index in [1.165, 1.54) is 12.1 Å². The fourth-order valence-corrected chi connectivity index (χ4v) is 3.21. The zero-order chi connectivity index (χ0) is 18.5. The molecule has 0 aromatic heterocycles. The molecule has 3 rings (SSSR count). The summed E-state index contributed by atoms with van der Waals surface area (Å²) >= 11 is -1.38. The molecule has 4 N–H and O–H groups in total. The predicted molar refractivity (Wildman–Crippen MR) is 97.3 cm³/mol. The second kappa shape index (κ2) is 8.47. The summed E-state index contributed by atoms with van der Waals surface area (Å²) in [5.74, 6) is 0.354. The number of hydrogen-bond donors (Lipinski definition) is 4. The zero-order valence-corrected chi connectivity index (χ0v) is 15.0. The molecule has 2 aromatic carbocycles. The molecule has 0 radical (unpaired) electrons. The average molecular weight is 377 g/mol. The molecule has 0 bridgehead atoms. The summed E-state index contributed by atoms with van der Waals surface area (Å²) in [6.07, 6.45) is -0.562. The third-order valence-electron chi connectivity index (χ3n) is 3.62. The molecule has 138 valence electrons. The molecule has 26 heavy (non-hydrogen) atoms. The Balaban J connectivity index is 1.61. The smallest absolute Gasteiger partial charge is 0.173 e. The molecule has 1 heterocycles. The maximum atomic E-state index is 13.0. The number of nitrogens with one attached hydrogen (secondary N) is 3. The Morgan fingerprint density at radius 1 is 1.23 bits per heavy atom. The van der Waals surface area contributed by atoms with Crippen LogP contribution in [0.4, 0.5) is 4.39 Å². The fraction of sp³-hybridized carbons (Fsp3) is 0.235. The Labute approximate surface area is 154 Å². The monoisotopic (exact) mass is 377 g/mol. The molecular weight excluding hydrogens is 357 g/mol. The molecular formula is C17H20FN5O2S. The lowest BCUT2D eigenvalue weighted by molar-refractivity contribution is 0.197. The molecule has 7 nitrogen and oxygen atoms in total. The van der Waals surface area contributed by atoms with Gasteiger partial charge in [-0.2, -0.15) is 0 Å². The van der Waals surface area contributed by atoms with Gasteiger partial charge in [-0.05, 0) is 48.9 Å². The highest BCUT2D eigenvalue weighted by molar-refractivity contribution is 7.89. The zero-order valence-electron chi connectivity index (χ0n) is 14.1. The van der Waals surface area contributed by atoms with Gasteiger partial charge in [-0.15, -0.1) is 15.4 Å². The Bertz CT molecular complexity index is 755. The number of benzene rings is 2. The average Bonchev–Trinajstić information content (AvgIpc) is 3.10. The van der Waals surface area contributed by atoms with E-state index in [9.17, 15) is 14.0 Å². The van der Waals surface area contributed by atoms with Gasteiger partial charge in [-0.1, -0.05) is 12.1 Å². The molecule has 1 aliphatic heterocycles. The van der Waals surface area contributed by atoms with Gasteiger partial charge in [0.05, 0.1) is 30.6 Å². The van der Waals surface area contributed by atoms with Crippen molar-refractivity contribution in [2.24, 2.45) is 5.10 Å². The lowest BCUT2D eigenvalue weighted by atomic mass is 10.2. The van der Waals surface area contributed by atoms with Crippen molar-refractivity contribution in [2.45, 2.75) is 24.5 Å². The second-order valence-corrected chi connectivity index (χ2v) is 7.16. The number of hydrazine groups is 2. The molecule has 1 aliphatic rings. The number of hydrazone groups is 1. The first-order valence-corrected chi connectivity index (χ1v) is 9.22. The predicted octanol–water partition coefficient (Wildman–Crippen LogP) is 1.01. The molecule has 0 spiro atoms. The van der Waals surface area contributed by atoms with Crippen LogP contribution in [0.15, 0.2) is 58.5 Å². The van der Waals surface area contributed by atoms with Crippen LogP contribution in [0.3, 0.4) is 0 Å². The van der Waals surface area contributed by atoms with E-state index in [0.29, 0.717) is 17.3 Å². The number of nitrogens with zero attached hydrogens (tertiary/aromatic N) is 2. The van der Waals surface area contributed by atoms with E-state index in [4.69, 9.17) is 0 Å². The number of rotatable bonds is 7. The van der Waals surface area contributed by atoms with Gasteiger partial charge in [-0.3, -0.25) is 5.43 Å². The number of aliphatic hydroxyl groups excluding tert-OH is 1. The number of aliphatic hydroxyl groups is 1. The SMILES string of the molecule is C[C@@H](O)CN[S+]([O-])c1ccc(C2=NN(Cc3ccc(F)cc3)NN2)cc1. The van der Waals surface area contributed by atoms with Gasteiger partial charge < -0.3 is 9.66 Å². The van der Waals surface area contributed by atoms with Crippen molar-refractivity contribution in [1.29, 1.82) is 0 Å². The third kappa shape index (κ3) is 4.93. The molecule has 0 amide bonds. The van der Waals surface area contributed by atoms with E-state index in [2.05, 4.69) is 20.8 Å². The van der Waals surface area contributed by atoms with Gasteiger partial charge in [-0.25, -0.2) is 9.51 Å². The lowest BCUT2D eigenvalue weighted by Gasteiger charge is -2.12. The van der Waals surface area contributed by atoms with E-state index < -0.39 is 17.5 Å². The van der Waals surface area contributed by atoms with Crippen LogP contribution in [0, 0.1) is 5.82 Å². The summed E-state index contributed by atoms with van der Waals surface area (Å²) in [5.41, 5.74) is 7.64. The Morgan fingerprint density at radius 2 is 1.92 bits per heavy atom. The van der Waals surface area contributed by atoms with Crippen LogP contribution in [-0.2, 0) is 17.9 Å². The summed E-state index contributed by atoms with van der Waals surface area (Å²) in [5, 5.41) is 15.3. The van der Waals surface area contributed by atoms with Crippen molar-refractivity contribution in [3.8, 4) is 0 Å². The first kappa shape index (κ1) is 18.6. The van der Waals surface area contributed by atoms with Crippen molar-refractivity contribution in [1.82, 2.24) is 20.8 Å². The molecule has 0 fully saturated rings. The van der Waals surface area contributed by atoms with Crippen LogP contribution in [0.5, 0.6) is 0 Å². The van der Waals surface area contributed by atoms with Crippen LogP contribution in [0.25, 0.3) is 0 Å². The van der Waals surface area contributed by atoms with E-state index in [-0.39, 0.29) is 12.4 Å². The quantitative estimate of drug-likeness (QED) is 0.538. The minimum Gasteiger partial charge on any atom is -0.593 e. The van der Waals surface area contributed by atoms with Crippen LogP contribution in [0.2, 0.25) is 0 Å². The maximum Gasteiger partial charge on any atom is 0.173 e. The van der Waals surface area contributed by atoms with Crippen LogP contribution < -0.4 is 15.7 Å². The van der Waals surface area contributed by atoms with E-state index >= 15 is 0 Å². The highest BCUT2D eigenvalue weighted by Crippen LogP contribution is 2.13.